The van der Waals surface area contributed by atoms with Crippen molar-refractivity contribution in [2.24, 2.45) is 0 Å². The van der Waals surface area contributed by atoms with E-state index in [1.54, 1.807) is 6.20 Å². The van der Waals surface area contributed by atoms with Crippen LogP contribution in [0.25, 0.3) is 10.9 Å². The van der Waals surface area contributed by atoms with Crippen LogP contribution in [-0.2, 0) is 6.54 Å². The number of benzene rings is 1. The summed E-state index contributed by atoms with van der Waals surface area (Å²) in [6, 6.07) is 10.3. The third-order valence-corrected chi connectivity index (χ3v) is 2.59. The number of nitrogens with one attached hydrogen (secondary N) is 3. The molecule has 0 aliphatic heterocycles. The van der Waals surface area contributed by atoms with Crippen LogP contribution in [0, 0.1) is 0 Å². The minimum Gasteiger partial charge on any atom is -0.379 e. The SMILES string of the molecule is c1cc(CNc2ccc3[nH]ccc3c2)[nH]n1. The molecule has 3 rings (SSSR count). The smallest absolute Gasteiger partial charge is 0.0567 e. The maximum atomic E-state index is 3.91. The van der Waals surface area contributed by atoms with E-state index in [9.17, 15) is 0 Å². The van der Waals surface area contributed by atoms with Crippen LogP contribution in [-0.4, -0.2) is 15.2 Å². The predicted molar refractivity (Wildman–Crippen MR) is 64.2 cm³/mol. The Bertz CT molecular complexity index is 580. The Balaban J connectivity index is 1.78. The van der Waals surface area contributed by atoms with Crippen LogP contribution < -0.4 is 5.32 Å². The minimum absolute atomic E-state index is 0.760. The molecule has 4 nitrogen and oxygen atoms in total. The molecule has 1 aromatic carbocycles. The average Bonchev–Trinajstić information content (AvgIpc) is 2.97. The molecule has 16 heavy (non-hydrogen) atoms. The van der Waals surface area contributed by atoms with Crippen molar-refractivity contribution in [1.82, 2.24) is 15.2 Å². The van der Waals surface area contributed by atoms with Crippen LogP contribution in [0.5, 0.6) is 0 Å². The Morgan fingerprint density at radius 3 is 3.06 bits per heavy atom. The molecule has 0 bridgehead atoms. The first-order chi connectivity index (χ1) is 7.92. The van der Waals surface area contributed by atoms with Gasteiger partial charge in [-0.25, -0.2) is 0 Å². The van der Waals surface area contributed by atoms with Crippen LogP contribution in [0.2, 0.25) is 0 Å². The number of anilines is 1. The number of rotatable bonds is 3. The summed E-state index contributed by atoms with van der Waals surface area (Å²) < 4.78 is 0. The third kappa shape index (κ3) is 1.65. The van der Waals surface area contributed by atoms with Gasteiger partial charge in [-0.05, 0) is 30.3 Å². The fourth-order valence-electron chi connectivity index (χ4n) is 1.74. The summed E-state index contributed by atoms with van der Waals surface area (Å²) in [5.41, 5.74) is 3.35. The van der Waals surface area contributed by atoms with Crippen molar-refractivity contribution < 1.29 is 0 Å². The molecule has 0 aliphatic rings. The Kier molecular flexibility index (Phi) is 2.11. The molecule has 0 amide bonds. The number of nitrogens with zero attached hydrogens (tertiary/aromatic N) is 1. The first kappa shape index (κ1) is 9.03. The number of aromatic nitrogens is 3. The van der Waals surface area contributed by atoms with E-state index in [4.69, 9.17) is 0 Å². The van der Waals surface area contributed by atoms with Gasteiger partial charge in [-0.3, -0.25) is 5.10 Å². The van der Waals surface area contributed by atoms with Crippen LogP contribution in [0.15, 0.2) is 42.7 Å². The van der Waals surface area contributed by atoms with Crippen LogP contribution in [0.1, 0.15) is 5.69 Å². The van der Waals surface area contributed by atoms with Gasteiger partial charge in [-0.1, -0.05) is 0 Å². The van der Waals surface area contributed by atoms with Gasteiger partial charge in [-0.2, -0.15) is 5.10 Å². The summed E-state index contributed by atoms with van der Waals surface area (Å²) in [6.07, 6.45) is 3.70. The highest BCUT2D eigenvalue weighted by Crippen LogP contribution is 2.18. The van der Waals surface area contributed by atoms with E-state index in [0.717, 1.165) is 23.4 Å². The van der Waals surface area contributed by atoms with E-state index in [0.29, 0.717) is 0 Å². The zero-order valence-corrected chi connectivity index (χ0v) is 8.70. The van der Waals surface area contributed by atoms with E-state index < -0.39 is 0 Å². The Labute approximate surface area is 92.7 Å². The zero-order chi connectivity index (χ0) is 10.8. The summed E-state index contributed by atoms with van der Waals surface area (Å²) in [7, 11) is 0. The second kappa shape index (κ2) is 3.73. The van der Waals surface area contributed by atoms with Crippen LogP contribution >= 0.6 is 0 Å². The van der Waals surface area contributed by atoms with Gasteiger partial charge in [0.15, 0.2) is 0 Å². The predicted octanol–water partition coefficient (Wildman–Crippen LogP) is 2.50. The summed E-state index contributed by atoms with van der Waals surface area (Å²) in [4.78, 5) is 3.17. The molecule has 0 saturated carbocycles. The number of hydrogen-bond donors (Lipinski definition) is 3. The van der Waals surface area contributed by atoms with Crippen molar-refractivity contribution in [3.63, 3.8) is 0 Å². The zero-order valence-electron chi connectivity index (χ0n) is 8.70. The highest BCUT2D eigenvalue weighted by molar-refractivity contribution is 5.82. The Morgan fingerprint density at radius 2 is 2.19 bits per heavy atom. The lowest BCUT2D eigenvalue weighted by molar-refractivity contribution is 0.982. The minimum atomic E-state index is 0.760. The monoisotopic (exact) mass is 212 g/mol. The largest absolute Gasteiger partial charge is 0.379 e. The fraction of sp³-hybridized carbons (Fsp3) is 0.0833. The van der Waals surface area contributed by atoms with Gasteiger partial charge < -0.3 is 10.3 Å². The maximum absolute atomic E-state index is 3.91. The standard InChI is InChI=1S/C12H12N4/c1-2-12-9(3-5-13-12)7-10(1)14-8-11-4-6-15-16-11/h1-7,13-14H,8H2,(H,15,16). The summed E-state index contributed by atoms with van der Waals surface area (Å²) in [5, 5.41) is 11.4. The molecule has 0 spiro atoms. The second-order valence-electron chi connectivity index (χ2n) is 3.72. The molecule has 3 N–H and O–H groups in total. The van der Waals surface area contributed by atoms with Crippen molar-refractivity contribution in [1.29, 1.82) is 0 Å². The highest BCUT2D eigenvalue weighted by atomic mass is 15.1. The molecule has 0 radical (unpaired) electrons. The van der Waals surface area contributed by atoms with Crippen molar-refractivity contribution in [2.75, 3.05) is 5.32 Å². The lowest BCUT2D eigenvalue weighted by Crippen LogP contribution is -1.99. The molecule has 0 aliphatic carbocycles. The lowest BCUT2D eigenvalue weighted by atomic mass is 10.2. The maximum Gasteiger partial charge on any atom is 0.0567 e. The van der Waals surface area contributed by atoms with Crippen molar-refractivity contribution in [3.05, 3.63) is 48.4 Å². The molecule has 0 unspecified atom stereocenters. The summed E-state index contributed by atoms with van der Waals surface area (Å²) >= 11 is 0. The molecule has 0 atom stereocenters. The number of H-pyrrole nitrogens is 2. The van der Waals surface area contributed by atoms with Gasteiger partial charge in [0.2, 0.25) is 0 Å². The van der Waals surface area contributed by atoms with Crippen molar-refractivity contribution >= 4 is 16.6 Å². The van der Waals surface area contributed by atoms with Gasteiger partial charge in [0, 0.05) is 29.0 Å². The second-order valence-corrected chi connectivity index (χ2v) is 3.72. The molecule has 2 aromatic heterocycles. The quantitative estimate of drug-likeness (QED) is 0.624. The summed E-state index contributed by atoms with van der Waals surface area (Å²) in [6.45, 7) is 0.760. The average molecular weight is 212 g/mol. The first-order valence-electron chi connectivity index (χ1n) is 5.21. The topological polar surface area (TPSA) is 56.5 Å². The normalized spacial score (nSPS) is 10.8. The van der Waals surface area contributed by atoms with E-state index in [-0.39, 0.29) is 0 Å². The summed E-state index contributed by atoms with van der Waals surface area (Å²) in [5.74, 6) is 0. The molecule has 80 valence electrons. The Hall–Kier alpha value is -2.23. The van der Waals surface area contributed by atoms with Crippen molar-refractivity contribution in [2.45, 2.75) is 6.54 Å². The van der Waals surface area contributed by atoms with Crippen molar-refractivity contribution in [3.8, 4) is 0 Å². The van der Waals surface area contributed by atoms with Gasteiger partial charge in [0.1, 0.15) is 0 Å². The molecular formula is C12H12N4. The van der Waals surface area contributed by atoms with Gasteiger partial charge >= 0.3 is 0 Å². The number of fused-ring (bicyclic) bond motifs is 1. The Morgan fingerprint density at radius 1 is 1.19 bits per heavy atom. The lowest BCUT2D eigenvalue weighted by Gasteiger charge is -2.04. The van der Waals surface area contributed by atoms with Gasteiger partial charge in [-0.15, -0.1) is 0 Å². The molecular weight excluding hydrogens is 200 g/mol. The molecule has 0 fully saturated rings. The van der Waals surface area contributed by atoms with E-state index in [1.807, 2.05) is 12.3 Å². The van der Waals surface area contributed by atoms with E-state index in [1.165, 1.54) is 5.39 Å². The molecule has 2 heterocycles. The van der Waals surface area contributed by atoms with Gasteiger partial charge in [0.25, 0.3) is 0 Å². The fourth-order valence-corrected chi connectivity index (χ4v) is 1.74. The highest BCUT2D eigenvalue weighted by Gasteiger charge is 1.97. The van der Waals surface area contributed by atoms with Gasteiger partial charge in [0.05, 0.1) is 12.2 Å². The first-order valence-corrected chi connectivity index (χ1v) is 5.21. The van der Waals surface area contributed by atoms with Crippen LogP contribution in [0.3, 0.4) is 0 Å². The molecule has 3 aromatic rings. The van der Waals surface area contributed by atoms with Crippen LogP contribution in [0.4, 0.5) is 5.69 Å². The van der Waals surface area contributed by atoms with E-state index in [2.05, 4.69) is 44.8 Å². The number of hydrogen-bond acceptors (Lipinski definition) is 2. The number of aromatic amines is 2. The van der Waals surface area contributed by atoms with E-state index >= 15 is 0 Å². The molecule has 0 saturated heterocycles. The molecule has 4 heteroatoms. The third-order valence-electron chi connectivity index (χ3n) is 2.59.